The van der Waals surface area contributed by atoms with Crippen molar-refractivity contribution in [2.45, 2.75) is 34.1 Å². The third-order valence-electron chi connectivity index (χ3n) is 2.96. The fourth-order valence-corrected chi connectivity index (χ4v) is 1.29. The van der Waals surface area contributed by atoms with Crippen molar-refractivity contribution in [3.8, 4) is 5.75 Å². The standard InChI is InChI=1S/C13H20O/c1-10(13(2,3)4)9-11-5-7-12(14)8-6-11/h5-8,10,14H,9H2,1-4H3. The third kappa shape index (κ3) is 3.06. The minimum Gasteiger partial charge on any atom is -0.508 e. The van der Waals surface area contributed by atoms with Gasteiger partial charge < -0.3 is 5.11 Å². The molecule has 78 valence electrons. The lowest BCUT2D eigenvalue weighted by atomic mass is 9.78. The summed E-state index contributed by atoms with van der Waals surface area (Å²) >= 11 is 0. The first-order valence-corrected chi connectivity index (χ1v) is 5.17. The first kappa shape index (κ1) is 11.1. The predicted octanol–water partition coefficient (Wildman–Crippen LogP) is 3.62. The number of hydrogen-bond donors (Lipinski definition) is 1. The van der Waals surface area contributed by atoms with E-state index in [1.165, 1.54) is 5.56 Å². The van der Waals surface area contributed by atoms with Gasteiger partial charge in [0.05, 0.1) is 0 Å². The van der Waals surface area contributed by atoms with Crippen LogP contribution in [-0.4, -0.2) is 5.11 Å². The summed E-state index contributed by atoms with van der Waals surface area (Å²) in [6.45, 7) is 9.06. The maximum atomic E-state index is 9.15. The van der Waals surface area contributed by atoms with E-state index in [2.05, 4.69) is 27.7 Å². The van der Waals surface area contributed by atoms with E-state index >= 15 is 0 Å². The quantitative estimate of drug-likeness (QED) is 0.758. The maximum Gasteiger partial charge on any atom is 0.115 e. The van der Waals surface area contributed by atoms with E-state index in [0.717, 1.165) is 6.42 Å². The molecule has 1 N–H and O–H groups in total. The SMILES string of the molecule is CC(Cc1ccc(O)cc1)C(C)(C)C. The molecule has 0 fully saturated rings. The summed E-state index contributed by atoms with van der Waals surface area (Å²) in [6, 6.07) is 7.50. The normalized spacial score (nSPS) is 14.0. The second-order valence-corrected chi connectivity index (χ2v) is 5.14. The highest BCUT2D eigenvalue weighted by Crippen LogP contribution is 2.28. The zero-order valence-corrected chi connectivity index (χ0v) is 9.54. The molecule has 1 aromatic carbocycles. The molecule has 1 heteroatoms. The Morgan fingerprint density at radius 2 is 1.64 bits per heavy atom. The summed E-state index contributed by atoms with van der Waals surface area (Å²) in [5.74, 6) is 0.990. The monoisotopic (exact) mass is 192 g/mol. The summed E-state index contributed by atoms with van der Waals surface area (Å²) in [4.78, 5) is 0. The molecule has 0 spiro atoms. The molecule has 1 rings (SSSR count). The van der Waals surface area contributed by atoms with E-state index < -0.39 is 0 Å². The van der Waals surface area contributed by atoms with Gasteiger partial charge in [-0.2, -0.15) is 0 Å². The predicted molar refractivity (Wildman–Crippen MR) is 60.4 cm³/mol. The molecule has 0 aliphatic heterocycles. The molecular weight excluding hydrogens is 172 g/mol. The summed E-state index contributed by atoms with van der Waals surface area (Å²) in [5, 5.41) is 9.15. The largest absolute Gasteiger partial charge is 0.508 e. The molecule has 0 heterocycles. The molecule has 0 amide bonds. The molecule has 14 heavy (non-hydrogen) atoms. The molecule has 1 nitrogen and oxygen atoms in total. The highest BCUT2D eigenvalue weighted by molar-refractivity contribution is 5.26. The average molecular weight is 192 g/mol. The lowest BCUT2D eigenvalue weighted by Crippen LogP contribution is -2.19. The van der Waals surface area contributed by atoms with E-state index in [1.54, 1.807) is 12.1 Å². The molecule has 0 aliphatic carbocycles. The van der Waals surface area contributed by atoms with Crippen molar-refractivity contribution in [3.05, 3.63) is 29.8 Å². The van der Waals surface area contributed by atoms with Crippen LogP contribution in [0.3, 0.4) is 0 Å². The van der Waals surface area contributed by atoms with Gasteiger partial charge in [0.2, 0.25) is 0 Å². The zero-order valence-electron chi connectivity index (χ0n) is 9.54. The van der Waals surface area contributed by atoms with Gasteiger partial charge in [-0.1, -0.05) is 39.8 Å². The van der Waals surface area contributed by atoms with E-state index in [-0.39, 0.29) is 0 Å². The van der Waals surface area contributed by atoms with Crippen LogP contribution in [0.15, 0.2) is 24.3 Å². The average Bonchev–Trinajstić information content (AvgIpc) is 2.07. The molecule has 0 saturated heterocycles. The van der Waals surface area contributed by atoms with Crippen molar-refractivity contribution in [2.24, 2.45) is 11.3 Å². The molecule has 0 bridgehead atoms. The Morgan fingerprint density at radius 3 is 2.07 bits per heavy atom. The Labute approximate surface area is 86.8 Å². The number of phenols is 1. The van der Waals surface area contributed by atoms with Crippen LogP contribution < -0.4 is 0 Å². The summed E-state index contributed by atoms with van der Waals surface area (Å²) in [5.41, 5.74) is 1.64. The number of rotatable bonds is 2. The van der Waals surface area contributed by atoms with E-state index in [1.807, 2.05) is 12.1 Å². The van der Waals surface area contributed by atoms with Crippen LogP contribution in [0.4, 0.5) is 0 Å². The van der Waals surface area contributed by atoms with Crippen molar-refractivity contribution in [1.82, 2.24) is 0 Å². The van der Waals surface area contributed by atoms with Gasteiger partial charge in [0.25, 0.3) is 0 Å². The van der Waals surface area contributed by atoms with Crippen LogP contribution in [0.2, 0.25) is 0 Å². The van der Waals surface area contributed by atoms with Gasteiger partial charge in [0.15, 0.2) is 0 Å². The fraction of sp³-hybridized carbons (Fsp3) is 0.538. The van der Waals surface area contributed by atoms with Crippen molar-refractivity contribution < 1.29 is 5.11 Å². The van der Waals surface area contributed by atoms with Gasteiger partial charge in [-0.05, 0) is 35.4 Å². The van der Waals surface area contributed by atoms with Crippen molar-refractivity contribution in [2.75, 3.05) is 0 Å². The van der Waals surface area contributed by atoms with Crippen molar-refractivity contribution in [3.63, 3.8) is 0 Å². The lowest BCUT2D eigenvalue weighted by molar-refractivity contribution is 0.260. The van der Waals surface area contributed by atoms with Crippen molar-refractivity contribution >= 4 is 0 Å². The van der Waals surface area contributed by atoms with E-state index in [4.69, 9.17) is 5.11 Å². The number of aromatic hydroxyl groups is 1. The maximum absolute atomic E-state index is 9.15. The van der Waals surface area contributed by atoms with Crippen LogP contribution in [0, 0.1) is 11.3 Å². The summed E-state index contributed by atoms with van der Waals surface area (Å²) in [6.07, 6.45) is 1.07. The van der Waals surface area contributed by atoms with Crippen LogP contribution in [0.25, 0.3) is 0 Å². The smallest absolute Gasteiger partial charge is 0.115 e. The zero-order chi connectivity index (χ0) is 10.8. The van der Waals surface area contributed by atoms with Gasteiger partial charge in [0.1, 0.15) is 5.75 Å². The molecule has 1 aromatic rings. The third-order valence-corrected chi connectivity index (χ3v) is 2.96. The van der Waals surface area contributed by atoms with Crippen LogP contribution in [0.1, 0.15) is 33.3 Å². The molecular formula is C13H20O. The topological polar surface area (TPSA) is 20.2 Å². The summed E-state index contributed by atoms with van der Waals surface area (Å²) < 4.78 is 0. The van der Waals surface area contributed by atoms with Crippen molar-refractivity contribution in [1.29, 1.82) is 0 Å². The Kier molecular flexibility index (Phi) is 3.20. The van der Waals surface area contributed by atoms with Gasteiger partial charge >= 0.3 is 0 Å². The minimum atomic E-state index is 0.345. The molecule has 0 aliphatic rings. The van der Waals surface area contributed by atoms with Crippen LogP contribution in [0.5, 0.6) is 5.75 Å². The highest BCUT2D eigenvalue weighted by atomic mass is 16.3. The Morgan fingerprint density at radius 1 is 1.14 bits per heavy atom. The Balaban J connectivity index is 2.65. The van der Waals surface area contributed by atoms with Crippen LogP contribution in [-0.2, 0) is 6.42 Å². The lowest BCUT2D eigenvalue weighted by Gasteiger charge is -2.27. The Hall–Kier alpha value is -0.980. The number of hydrogen-bond acceptors (Lipinski definition) is 1. The van der Waals surface area contributed by atoms with Gasteiger partial charge in [-0.15, -0.1) is 0 Å². The second-order valence-electron chi connectivity index (χ2n) is 5.14. The second kappa shape index (κ2) is 4.04. The van der Waals surface area contributed by atoms with E-state index in [9.17, 15) is 0 Å². The highest BCUT2D eigenvalue weighted by Gasteiger charge is 2.19. The molecule has 1 atom stereocenters. The first-order chi connectivity index (χ1) is 6.39. The first-order valence-electron chi connectivity index (χ1n) is 5.17. The van der Waals surface area contributed by atoms with Crippen LogP contribution >= 0.6 is 0 Å². The van der Waals surface area contributed by atoms with E-state index in [0.29, 0.717) is 17.1 Å². The van der Waals surface area contributed by atoms with Gasteiger partial charge in [-0.3, -0.25) is 0 Å². The minimum absolute atomic E-state index is 0.345. The number of benzene rings is 1. The molecule has 0 radical (unpaired) electrons. The molecule has 0 saturated carbocycles. The van der Waals surface area contributed by atoms with Gasteiger partial charge in [0, 0.05) is 0 Å². The molecule has 1 unspecified atom stereocenters. The summed E-state index contributed by atoms with van der Waals surface area (Å²) in [7, 11) is 0. The number of phenolic OH excluding ortho intramolecular Hbond substituents is 1. The van der Waals surface area contributed by atoms with Gasteiger partial charge in [-0.25, -0.2) is 0 Å². The molecule has 0 aromatic heterocycles. The fourth-order valence-electron chi connectivity index (χ4n) is 1.29. The Bertz CT molecular complexity index is 279.